The predicted molar refractivity (Wildman–Crippen MR) is 47.7 cm³/mol. The van der Waals surface area contributed by atoms with Gasteiger partial charge in [0, 0.05) is 0 Å². The summed E-state index contributed by atoms with van der Waals surface area (Å²) in [4.78, 5) is 11.3. The fraction of sp³-hybridized carbons (Fsp3) is 0.800. The van der Waals surface area contributed by atoms with E-state index in [4.69, 9.17) is 5.26 Å². The molecule has 1 saturated carbocycles. The predicted octanol–water partition coefficient (Wildman–Crippen LogP) is 1.88. The van der Waals surface area contributed by atoms with Gasteiger partial charge in [0.05, 0.1) is 13.2 Å². The van der Waals surface area contributed by atoms with Crippen LogP contribution in [-0.4, -0.2) is 13.1 Å². The van der Waals surface area contributed by atoms with Crippen LogP contribution in [0.3, 0.4) is 0 Å². The molecule has 1 fully saturated rings. The second-order valence-corrected chi connectivity index (χ2v) is 3.75. The fourth-order valence-electron chi connectivity index (χ4n) is 2.04. The smallest absolute Gasteiger partial charge is 0.326 e. The number of esters is 1. The molecule has 0 aromatic carbocycles. The lowest BCUT2D eigenvalue weighted by Crippen LogP contribution is -2.43. The van der Waals surface area contributed by atoms with Crippen LogP contribution in [0.25, 0.3) is 0 Å². The van der Waals surface area contributed by atoms with E-state index in [0.29, 0.717) is 18.8 Å². The monoisotopic (exact) mass is 181 g/mol. The van der Waals surface area contributed by atoms with Crippen LogP contribution in [0.5, 0.6) is 0 Å². The Balaban J connectivity index is 2.51. The minimum Gasteiger partial charge on any atom is -0.468 e. The van der Waals surface area contributed by atoms with Crippen molar-refractivity contribution in [3.05, 3.63) is 0 Å². The standard InChI is InChI=1S/C10H15NO2/c1-3-4-8-5-10(6-8,7-11)9(12)13-2/h8H,3-6H2,1-2H3. The maximum atomic E-state index is 11.3. The lowest BCUT2D eigenvalue weighted by atomic mass is 9.61. The van der Waals surface area contributed by atoms with E-state index in [-0.39, 0.29) is 5.97 Å². The van der Waals surface area contributed by atoms with Crippen LogP contribution in [0.1, 0.15) is 32.6 Å². The van der Waals surface area contributed by atoms with E-state index in [2.05, 4.69) is 17.7 Å². The average molecular weight is 181 g/mol. The average Bonchev–Trinajstić information content (AvgIpc) is 2.09. The lowest BCUT2D eigenvalue weighted by Gasteiger charge is -2.39. The van der Waals surface area contributed by atoms with Crippen molar-refractivity contribution >= 4 is 5.97 Å². The Morgan fingerprint density at radius 1 is 1.69 bits per heavy atom. The van der Waals surface area contributed by atoms with Crippen molar-refractivity contribution in [2.24, 2.45) is 11.3 Å². The van der Waals surface area contributed by atoms with Gasteiger partial charge in [-0.25, -0.2) is 0 Å². The zero-order chi connectivity index (χ0) is 9.90. The van der Waals surface area contributed by atoms with Crippen molar-refractivity contribution in [2.45, 2.75) is 32.6 Å². The van der Waals surface area contributed by atoms with E-state index in [1.54, 1.807) is 0 Å². The molecule has 3 heteroatoms. The van der Waals surface area contributed by atoms with Crippen LogP contribution in [0.15, 0.2) is 0 Å². The molecule has 0 saturated heterocycles. The molecule has 0 atom stereocenters. The highest BCUT2D eigenvalue weighted by molar-refractivity contribution is 5.81. The fourth-order valence-corrected chi connectivity index (χ4v) is 2.04. The SMILES string of the molecule is CCCC1CC(C#N)(C(=O)OC)C1. The maximum Gasteiger partial charge on any atom is 0.326 e. The van der Waals surface area contributed by atoms with Crippen LogP contribution < -0.4 is 0 Å². The molecule has 72 valence electrons. The van der Waals surface area contributed by atoms with Gasteiger partial charge in [-0.3, -0.25) is 4.79 Å². The van der Waals surface area contributed by atoms with Crippen LogP contribution in [0.2, 0.25) is 0 Å². The molecule has 0 aromatic rings. The van der Waals surface area contributed by atoms with Crippen LogP contribution >= 0.6 is 0 Å². The van der Waals surface area contributed by atoms with Gasteiger partial charge >= 0.3 is 5.97 Å². The number of nitriles is 1. The van der Waals surface area contributed by atoms with E-state index in [1.165, 1.54) is 7.11 Å². The quantitative estimate of drug-likeness (QED) is 0.624. The lowest BCUT2D eigenvalue weighted by molar-refractivity contribution is -0.156. The number of methoxy groups -OCH3 is 1. The first-order chi connectivity index (χ1) is 6.18. The zero-order valence-electron chi connectivity index (χ0n) is 8.17. The molecule has 0 N–H and O–H groups in total. The molecule has 1 rings (SSSR count). The maximum absolute atomic E-state index is 11.3. The minimum absolute atomic E-state index is 0.359. The second kappa shape index (κ2) is 3.78. The van der Waals surface area contributed by atoms with Crippen LogP contribution in [0.4, 0.5) is 0 Å². The molecule has 0 aromatic heterocycles. The Bertz CT molecular complexity index is 236. The summed E-state index contributed by atoms with van der Waals surface area (Å²) in [6.07, 6.45) is 3.60. The molecule has 0 spiro atoms. The number of hydrogen-bond donors (Lipinski definition) is 0. The van der Waals surface area contributed by atoms with Crippen molar-refractivity contribution in [2.75, 3.05) is 7.11 Å². The number of carbonyl (C=O) groups is 1. The highest BCUT2D eigenvalue weighted by Gasteiger charge is 2.51. The van der Waals surface area contributed by atoms with E-state index >= 15 is 0 Å². The first-order valence-electron chi connectivity index (χ1n) is 4.68. The molecular formula is C10H15NO2. The van der Waals surface area contributed by atoms with Gasteiger partial charge in [-0.2, -0.15) is 5.26 Å². The second-order valence-electron chi connectivity index (χ2n) is 3.75. The third kappa shape index (κ3) is 1.67. The van der Waals surface area contributed by atoms with Crippen LogP contribution in [0, 0.1) is 22.7 Å². The van der Waals surface area contributed by atoms with Gasteiger partial charge in [-0.05, 0) is 18.8 Å². The Hall–Kier alpha value is -1.04. The topological polar surface area (TPSA) is 50.1 Å². The summed E-state index contributed by atoms with van der Waals surface area (Å²) in [5.74, 6) is 0.186. The molecule has 1 aliphatic rings. The van der Waals surface area contributed by atoms with Gasteiger partial charge in [0.2, 0.25) is 0 Å². The molecule has 0 unspecified atom stereocenters. The van der Waals surface area contributed by atoms with Gasteiger partial charge in [0.25, 0.3) is 0 Å². The summed E-state index contributed by atoms with van der Waals surface area (Å²) in [7, 11) is 1.34. The molecule has 1 aliphatic carbocycles. The molecule has 0 heterocycles. The Morgan fingerprint density at radius 2 is 2.31 bits per heavy atom. The van der Waals surface area contributed by atoms with Crippen molar-refractivity contribution in [3.8, 4) is 6.07 Å². The summed E-state index contributed by atoms with van der Waals surface area (Å²) in [6.45, 7) is 2.12. The zero-order valence-corrected chi connectivity index (χ0v) is 8.17. The third-order valence-electron chi connectivity index (χ3n) is 2.76. The highest BCUT2D eigenvalue weighted by atomic mass is 16.5. The van der Waals surface area contributed by atoms with E-state index in [0.717, 1.165) is 12.8 Å². The third-order valence-corrected chi connectivity index (χ3v) is 2.76. The molecule has 0 aliphatic heterocycles. The number of ether oxygens (including phenoxy) is 1. The van der Waals surface area contributed by atoms with E-state index in [1.807, 2.05) is 0 Å². The minimum atomic E-state index is -0.811. The largest absolute Gasteiger partial charge is 0.468 e. The van der Waals surface area contributed by atoms with E-state index in [9.17, 15) is 4.79 Å². The van der Waals surface area contributed by atoms with Crippen molar-refractivity contribution in [1.29, 1.82) is 5.26 Å². The first kappa shape index (κ1) is 10.0. The summed E-state index contributed by atoms with van der Waals surface area (Å²) >= 11 is 0. The summed E-state index contributed by atoms with van der Waals surface area (Å²) in [5, 5.41) is 8.87. The Kier molecular flexibility index (Phi) is 2.92. The highest BCUT2D eigenvalue weighted by Crippen LogP contribution is 2.47. The number of rotatable bonds is 3. The van der Waals surface area contributed by atoms with Crippen molar-refractivity contribution < 1.29 is 9.53 Å². The Labute approximate surface area is 78.7 Å². The summed E-state index contributed by atoms with van der Waals surface area (Å²) in [6, 6.07) is 2.08. The molecule has 0 bridgehead atoms. The number of hydrogen-bond acceptors (Lipinski definition) is 3. The van der Waals surface area contributed by atoms with Gasteiger partial charge < -0.3 is 4.74 Å². The molecule has 0 radical (unpaired) electrons. The first-order valence-corrected chi connectivity index (χ1v) is 4.68. The number of nitrogens with zero attached hydrogens (tertiary/aromatic N) is 1. The van der Waals surface area contributed by atoms with Crippen molar-refractivity contribution in [3.63, 3.8) is 0 Å². The molecule has 0 amide bonds. The molecule has 3 nitrogen and oxygen atoms in total. The number of carbonyl (C=O) groups excluding carboxylic acids is 1. The summed E-state index contributed by atoms with van der Waals surface area (Å²) < 4.78 is 4.61. The van der Waals surface area contributed by atoms with Gasteiger partial charge in [0.1, 0.15) is 0 Å². The molecular weight excluding hydrogens is 166 g/mol. The van der Waals surface area contributed by atoms with Gasteiger partial charge in [0.15, 0.2) is 5.41 Å². The van der Waals surface area contributed by atoms with Gasteiger partial charge in [-0.1, -0.05) is 19.8 Å². The normalized spacial score (nSPS) is 31.6. The van der Waals surface area contributed by atoms with Crippen molar-refractivity contribution in [1.82, 2.24) is 0 Å². The molecule has 13 heavy (non-hydrogen) atoms. The Morgan fingerprint density at radius 3 is 2.69 bits per heavy atom. The van der Waals surface area contributed by atoms with Crippen LogP contribution in [-0.2, 0) is 9.53 Å². The van der Waals surface area contributed by atoms with Gasteiger partial charge in [-0.15, -0.1) is 0 Å². The summed E-state index contributed by atoms with van der Waals surface area (Å²) in [5.41, 5.74) is -0.811. The van der Waals surface area contributed by atoms with E-state index < -0.39 is 5.41 Å².